The second kappa shape index (κ2) is 3.87. The molecule has 0 atom stereocenters. The lowest BCUT2D eigenvalue weighted by atomic mass is 10.1. The predicted octanol–water partition coefficient (Wildman–Crippen LogP) is 3.65. The van der Waals surface area contributed by atoms with Crippen LogP contribution in [0.2, 0.25) is 5.02 Å². The van der Waals surface area contributed by atoms with Crippen molar-refractivity contribution < 1.29 is 4.52 Å². The number of benzene rings is 1. The Labute approximate surface area is 100 Å². The molecule has 15 heavy (non-hydrogen) atoms. The monoisotopic (exact) mass is 286 g/mol. The summed E-state index contributed by atoms with van der Waals surface area (Å²) in [4.78, 5) is 0. The lowest BCUT2D eigenvalue weighted by Crippen LogP contribution is -1.83. The van der Waals surface area contributed by atoms with Crippen molar-refractivity contribution in [3.63, 3.8) is 0 Å². The molecule has 1 heterocycles. The van der Waals surface area contributed by atoms with E-state index in [0.29, 0.717) is 10.8 Å². The second-order valence-electron chi connectivity index (χ2n) is 3.23. The van der Waals surface area contributed by atoms with E-state index in [-0.39, 0.29) is 5.82 Å². The van der Waals surface area contributed by atoms with E-state index in [9.17, 15) is 0 Å². The standard InChI is InChI=1S/C10H8BrClN2O/c1-5-2-6(4-7(11)3-5)9-8(12)10(13)14-15-9/h2-4H,1H3,(H2,13,14). The van der Waals surface area contributed by atoms with Crippen LogP contribution in [0.15, 0.2) is 27.2 Å². The first-order chi connectivity index (χ1) is 7.08. The molecule has 0 aliphatic rings. The summed E-state index contributed by atoms with van der Waals surface area (Å²) in [6, 6.07) is 5.85. The topological polar surface area (TPSA) is 52.0 Å². The molecule has 1 aromatic heterocycles. The Kier molecular flexibility index (Phi) is 2.71. The number of anilines is 1. The van der Waals surface area contributed by atoms with Gasteiger partial charge in [-0.3, -0.25) is 0 Å². The molecule has 0 saturated carbocycles. The highest BCUT2D eigenvalue weighted by atomic mass is 79.9. The minimum atomic E-state index is 0.212. The molecule has 0 bridgehead atoms. The summed E-state index contributed by atoms with van der Waals surface area (Å²) in [6.07, 6.45) is 0. The fourth-order valence-corrected chi connectivity index (χ4v) is 2.12. The fraction of sp³-hybridized carbons (Fsp3) is 0.100. The third-order valence-corrected chi connectivity index (χ3v) is 2.79. The maximum absolute atomic E-state index is 5.95. The predicted molar refractivity (Wildman–Crippen MR) is 63.8 cm³/mol. The van der Waals surface area contributed by atoms with Crippen molar-refractivity contribution in [3.05, 3.63) is 33.3 Å². The van der Waals surface area contributed by atoms with E-state index in [2.05, 4.69) is 21.1 Å². The summed E-state index contributed by atoms with van der Waals surface area (Å²) < 4.78 is 6.02. The van der Waals surface area contributed by atoms with Gasteiger partial charge >= 0.3 is 0 Å². The first kappa shape index (κ1) is 10.5. The maximum Gasteiger partial charge on any atom is 0.187 e. The molecule has 78 valence electrons. The number of halogens is 2. The molecule has 2 N–H and O–H groups in total. The molecule has 3 nitrogen and oxygen atoms in total. The Balaban J connectivity index is 2.58. The van der Waals surface area contributed by atoms with Crippen molar-refractivity contribution in [2.75, 3.05) is 5.73 Å². The van der Waals surface area contributed by atoms with E-state index in [0.717, 1.165) is 15.6 Å². The highest BCUT2D eigenvalue weighted by Crippen LogP contribution is 2.33. The van der Waals surface area contributed by atoms with Gasteiger partial charge in [-0.1, -0.05) is 32.7 Å². The minimum absolute atomic E-state index is 0.212. The molecule has 0 aliphatic heterocycles. The quantitative estimate of drug-likeness (QED) is 0.871. The van der Waals surface area contributed by atoms with Gasteiger partial charge in [0.25, 0.3) is 0 Å². The van der Waals surface area contributed by atoms with Crippen LogP contribution in [0.4, 0.5) is 5.82 Å². The van der Waals surface area contributed by atoms with E-state index in [4.69, 9.17) is 21.9 Å². The first-order valence-electron chi connectivity index (χ1n) is 4.26. The highest BCUT2D eigenvalue weighted by Gasteiger charge is 2.13. The Morgan fingerprint density at radius 1 is 1.40 bits per heavy atom. The molecule has 0 aliphatic carbocycles. The summed E-state index contributed by atoms with van der Waals surface area (Å²) in [5.74, 6) is 0.711. The molecule has 2 aromatic rings. The smallest absolute Gasteiger partial charge is 0.187 e. The number of rotatable bonds is 1. The van der Waals surface area contributed by atoms with Crippen LogP contribution in [-0.4, -0.2) is 5.16 Å². The van der Waals surface area contributed by atoms with Gasteiger partial charge in [0, 0.05) is 10.0 Å². The number of hydrogen-bond donors (Lipinski definition) is 1. The summed E-state index contributed by atoms with van der Waals surface area (Å²) in [5.41, 5.74) is 7.47. The third-order valence-electron chi connectivity index (χ3n) is 1.96. The average Bonchev–Trinajstić information content (AvgIpc) is 2.46. The zero-order valence-corrected chi connectivity index (χ0v) is 10.3. The summed E-state index contributed by atoms with van der Waals surface area (Å²) >= 11 is 9.36. The molecule has 0 fully saturated rings. The Morgan fingerprint density at radius 3 is 2.67 bits per heavy atom. The second-order valence-corrected chi connectivity index (χ2v) is 4.52. The van der Waals surface area contributed by atoms with E-state index in [1.807, 2.05) is 25.1 Å². The van der Waals surface area contributed by atoms with Gasteiger partial charge in [-0.05, 0) is 30.7 Å². The molecule has 1 aromatic carbocycles. The number of nitrogens with two attached hydrogens (primary N) is 1. The number of aryl methyl sites for hydroxylation is 1. The fourth-order valence-electron chi connectivity index (χ4n) is 1.34. The molecule has 0 spiro atoms. The summed E-state index contributed by atoms with van der Waals surface area (Å²) in [6.45, 7) is 1.99. The summed E-state index contributed by atoms with van der Waals surface area (Å²) in [5, 5.41) is 3.96. The van der Waals surface area contributed by atoms with Gasteiger partial charge in [-0.25, -0.2) is 0 Å². The summed E-state index contributed by atoms with van der Waals surface area (Å²) in [7, 11) is 0. The Bertz CT molecular complexity index is 490. The minimum Gasteiger partial charge on any atom is -0.380 e. The average molecular weight is 288 g/mol. The lowest BCUT2D eigenvalue weighted by molar-refractivity contribution is 0.436. The molecule has 5 heteroatoms. The molecule has 0 amide bonds. The van der Waals surface area contributed by atoms with E-state index >= 15 is 0 Å². The Hall–Kier alpha value is -1.00. The molecule has 0 saturated heterocycles. The number of nitrogens with zero attached hydrogens (tertiary/aromatic N) is 1. The zero-order chi connectivity index (χ0) is 11.0. The van der Waals surface area contributed by atoms with Crippen LogP contribution in [0.1, 0.15) is 5.56 Å². The third kappa shape index (κ3) is 2.01. The van der Waals surface area contributed by atoms with Crippen LogP contribution in [-0.2, 0) is 0 Å². The van der Waals surface area contributed by atoms with Gasteiger partial charge in [0.05, 0.1) is 0 Å². The van der Waals surface area contributed by atoms with Crippen LogP contribution in [0.3, 0.4) is 0 Å². The van der Waals surface area contributed by atoms with Gasteiger partial charge < -0.3 is 10.3 Å². The van der Waals surface area contributed by atoms with Crippen molar-refractivity contribution in [1.29, 1.82) is 0 Å². The molecule has 0 unspecified atom stereocenters. The van der Waals surface area contributed by atoms with E-state index in [1.165, 1.54) is 0 Å². The van der Waals surface area contributed by atoms with Gasteiger partial charge in [0.1, 0.15) is 5.02 Å². The highest BCUT2D eigenvalue weighted by molar-refractivity contribution is 9.10. The van der Waals surface area contributed by atoms with Crippen LogP contribution in [0, 0.1) is 6.92 Å². The van der Waals surface area contributed by atoms with Crippen molar-refractivity contribution in [2.24, 2.45) is 0 Å². The van der Waals surface area contributed by atoms with Crippen molar-refractivity contribution in [1.82, 2.24) is 5.16 Å². The number of aromatic nitrogens is 1. The molecular weight excluding hydrogens is 279 g/mol. The Morgan fingerprint density at radius 2 is 2.13 bits per heavy atom. The van der Waals surface area contributed by atoms with Crippen LogP contribution >= 0.6 is 27.5 Å². The van der Waals surface area contributed by atoms with Gasteiger partial charge in [-0.2, -0.15) is 0 Å². The molecule has 0 radical (unpaired) electrons. The van der Waals surface area contributed by atoms with Gasteiger partial charge in [0.15, 0.2) is 11.6 Å². The SMILES string of the molecule is Cc1cc(Br)cc(-c2onc(N)c2Cl)c1. The van der Waals surface area contributed by atoms with Crippen LogP contribution < -0.4 is 5.73 Å². The van der Waals surface area contributed by atoms with Crippen LogP contribution in [0.25, 0.3) is 11.3 Å². The number of hydrogen-bond acceptors (Lipinski definition) is 3. The maximum atomic E-state index is 5.95. The van der Waals surface area contributed by atoms with Crippen LogP contribution in [0.5, 0.6) is 0 Å². The van der Waals surface area contributed by atoms with Crippen molar-refractivity contribution in [3.8, 4) is 11.3 Å². The van der Waals surface area contributed by atoms with E-state index < -0.39 is 0 Å². The van der Waals surface area contributed by atoms with E-state index in [1.54, 1.807) is 0 Å². The lowest BCUT2D eigenvalue weighted by Gasteiger charge is -2.00. The van der Waals surface area contributed by atoms with Gasteiger partial charge in [0.2, 0.25) is 0 Å². The molecule has 2 rings (SSSR count). The zero-order valence-electron chi connectivity index (χ0n) is 7.92. The van der Waals surface area contributed by atoms with Gasteiger partial charge in [-0.15, -0.1) is 0 Å². The molecular formula is C10H8BrClN2O. The first-order valence-corrected chi connectivity index (χ1v) is 5.43. The normalized spacial score (nSPS) is 10.6. The largest absolute Gasteiger partial charge is 0.380 e. The van der Waals surface area contributed by atoms with Crippen molar-refractivity contribution >= 4 is 33.3 Å². The number of nitrogen functional groups attached to an aromatic ring is 1. The van der Waals surface area contributed by atoms with Crippen molar-refractivity contribution in [2.45, 2.75) is 6.92 Å².